The van der Waals surface area contributed by atoms with Crippen LogP contribution >= 0.6 is 11.3 Å². The van der Waals surface area contributed by atoms with Gasteiger partial charge in [0.15, 0.2) is 5.13 Å². The van der Waals surface area contributed by atoms with Crippen molar-refractivity contribution in [1.29, 1.82) is 0 Å². The minimum Gasteiger partial charge on any atom is -0.497 e. The van der Waals surface area contributed by atoms with E-state index < -0.39 is 0 Å². The summed E-state index contributed by atoms with van der Waals surface area (Å²) in [4.78, 5) is 19.7. The Kier molecular flexibility index (Phi) is 5.58. The normalized spacial score (nSPS) is 14.0. The van der Waals surface area contributed by atoms with Crippen LogP contribution in [0.5, 0.6) is 5.75 Å². The Morgan fingerprint density at radius 3 is 2.64 bits per heavy atom. The first kappa shape index (κ1) is 18.5. The number of carbonyl (C=O) groups is 1. The molecule has 0 atom stereocenters. The van der Waals surface area contributed by atoms with Gasteiger partial charge < -0.3 is 15.0 Å². The van der Waals surface area contributed by atoms with Gasteiger partial charge in [-0.05, 0) is 55.7 Å². The highest BCUT2D eigenvalue weighted by molar-refractivity contribution is 7.14. The molecule has 0 spiro atoms. The average molecular weight is 394 g/mol. The molecule has 2 aromatic carbocycles. The number of methoxy groups -OCH3 is 1. The molecular formula is C22H23N3O2S. The van der Waals surface area contributed by atoms with Crippen LogP contribution < -0.4 is 15.0 Å². The third-order valence-corrected chi connectivity index (χ3v) is 5.79. The fraction of sp³-hybridized carbons (Fsp3) is 0.273. The third-order valence-electron chi connectivity index (χ3n) is 4.89. The predicted octanol–water partition coefficient (Wildman–Crippen LogP) is 5.06. The standard InChI is InChI=1S/C22H23N3O2S/c1-27-19-10-8-16(9-11-19)21(26)23-18-7-5-6-17(14-18)20-15-28-22(24-20)25-12-3-2-4-13-25/h5-11,14-15H,2-4,12-13H2,1H3,(H,23,26). The van der Waals surface area contributed by atoms with E-state index in [1.165, 1.54) is 19.3 Å². The summed E-state index contributed by atoms with van der Waals surface area (Å²) in [6.07, 6.45) is 3.79. The molecular weight excluding hydrogens is 370 g/mol. The summed E-state index contributed by atoms with van der Waals surface area (Å²) in [6, 6.07) is 14.9. The van der Waals surface area contributed by atoms with E-state index in [0.717, 1.165) is 40.9 Å². The largest absolute Gasteiger partial charge is 0.497 e. The molecule has 0 unspecified atom stereocenters. The van der Waals surface area contributed by atoms with Gasteiger partial charge in [-0.15, -0.1) is 11.3 Å². The summed E-state index contributed by atoms with van der Waals surface area (Å²) in [5, 5.41) is 6.14. The van der Waals surface area contributed by atoms with Gasteiger partial charge in [-0.1, -0.05) is 12.1 Å². The van der Waals surface area contributed by atoms with Gasteiger partial charge in [0.1, 0.15) is 5.75 Å². The van der Waals surface area contributed by atoms with Gasteiger partial charge in [0.25, 0.3) is 5.91 Å². The summed E-state index contributed by atoms with van der Waals surface area (Å²) >= 11 is 1.69. The number of rotatable bonds is 5. The molecule has 0 saturated carbocycles. The maximum Gasteiger partial charge on any atom is 0.255 e. The Labute approximate surface area is 169 Å². The molecule has 1 fully saturated rings. The van der Waals surface area contributed by atoms with Crippen molar-refractivity contribution in [1.82, 2.24) is 4.98 Å². The van der Waals surface area contributed by atoms with E-state index in [9.17, 15) is 4.79 Å². The van der Waals surface area contributed by atoms with Crippen LogP contribution in [0, 0.1) is 0 Å². The summed E-state index contributed by atoms with van der Waals surface area (Å²) in [5.41, 5.74) is 3.30. The molecule has 0 radical (unpaired) electrons. The molecule has 1 amide bonds. The highest BCUT2D eigenvalue weighted by atomic mass is 32.1. The molecule has 1 aromatic heterocycles. The fourth-order valence-electron chi connectivity index (χ4n) is 3.33. The third kappa shape index (κ3) is 4.17. The van der Waals surface area contributed by atoms with Gasteiger partial charge in [-0.2, -0.15) is 0 Å². The first-order valence-corrected chi connectivity index (χ1v) is 10.4. The van der Waals surface area contributed by atoms with Crippen LogP contribution in [0.1, 0.15) is 29.6 Å². The van der Waals surface area contributed by atoms with E-state index in [-0.39, 0.29) is 5.91 Å². The molecule has 1 N–H and O–H groups in total. The van der Waals surface area contributed by atoms with E-state index in [2.05, 4.69) is 15.6 Å². The van der Waals surface area contributed by atoms with Crippen molar-refractivity contribution < 1.29 is 9.53 Å². The molecule has 1 aliphatic rings. The van der Waals surface area contributed by atoms with Crippen molar-refractivity contribution in [3.8, 4) is 17.0 Å². The number of piperidine rings is 1. The molecule has 144 valence electrons. The van der Waals surface area contributed by atoms with Crippen molar-refractivity contribution in [2.75, 3.05) is 30.4 Å². The molecule has 0 aliphatic carbocycles. The summed E-state index contributed by atoms with van der Waals surface area (Å²) in [5.74, 6) is 0.582. The van der Waals surface area contributed by atoms with Crippen LogP contribution in [0.3, 0.4) is 0 Å². The van der Waals surface area contributed by atoms with Crippen LogP contribution in [0.2, 0.25) is 0 Å². The van der Waals surface area contributed by atoms with E-state index >= 15 is 0 Å². The van der Waals surface area contributed by atoms with Gasteiger partial charge in [0, 0.05) is 35.3 Å². The van der Waals surface area contributed by atoms with Crippen LogP contribution in [0.15, 0.2) is 53.9 Å². The lowest BCUT2D eigenvalue weighted by molar-refractivity contribution is 0.102. The number of hydrogen-bond donors (Lipinski definition) is 1. The highest BCUT2D eigenvalue weighted by Gasteiger charge is 2.15. The Morgan fingerprint density at radius 2 is 1.89 bits per heavy atom. The number of benzene rings is 2. The first-order chi connectivity index (χ1) is 13.7. The van der Waals surface area contributed by atoms with E-state index in [1.807, 2.05) is 24.3 Å². The Balaban J connectivity index is 1.48. The van der Waals surface area contributed by atoms with E-state index in [4.69, 9.17) is 9.72 Å². The Bertz CT molecular complexity index is 946. The monoisotopic (exact) mass is 393 g/mol. The van der Waals surface area contributed by atoms with Crippen LogP contribution in [0.25, 0.3) is 11.3 Å². The average Bonchev–Trinajstić information content (AvgIpc) is 3.25. The second-order valence-electron chi connectivity index (χ2n) is 6.83. The highest BCUT2D eigenvalue weighted by Crippen LogP contribution is 2.30. The number of anilines is 2. The zero-order valence-corrected chi connectivity index (χ0v) is 16.7. The minimum atomic E-state index is -0.146. The van der Waals surface area contributed by atoms with Crippen molar-refractivity contribution in [3.05, 3.63) is 59.5 Å². The van der Waals surface area contributed by atoms with E-state index in [1.54, 1.807) is 42.7 Å². The summed E-state index contributed by atoms with van der Waals surface area (Å²) in [6.45, 7) is 2.18. The van der Waals surface area contributed by atoms with Crippen LogP contribution in [-0.4, -0.2) is 31.1 Å². The van der Waals surface area contributed by atoms with Crippen molar-refractivity contribution >= 4 is 28.1 Å². The number of amides is 1. The smallest absolute Gasteiger partial charge is 0.255 e. The molecule has 6 heteroatoms. The van der Waals surface area contributed by atoms with Crippen molar-refractivity contribution in [2.24, 2.45) is 0 Å². The number of nitrogens with zero attached hydrogens (tertiary/aromatic N) is 2. The van der Waals surface area contributed by atoms with Crippen LogP contribution in [0.4, 0.5) is 10.8 Å². The number of carbonyl (C=O) groups excluding carboxylic acids is 1. The zero-order chi connectivity index (χ0) is 19.3. The van der Waals surface area contributed by atoms with Crippen LogP contribution in [-0.2, 0) is 0 Å². The second kappa shape index (κ2) is 8.44. The predicted molar refractivity (Wildman–Crippen MR) is 115 cm³/mol. The summed E-state index contributed by atoms with van der Waals surface area (Å²) < 4.78 is 5.14. The Morgan fingerprint density at radius 1 is 1.11 bits per heavy atom. The quantitative estimate of drug-likeness (QED) is 0.658. The lowest BCUT2D eigenvalue weighted by atomic mass is 10.1. The molecule has 1 aliphatic heterocycles. The number of aromatic nitrogens is 1. The number of hydrogen-bond acceptors (Lipinski definition) is 5. The number of thiazole rings is 1. The number of ether oxygens (including phenoxy) is 1. The Hall–Kier alpha value is -2.86. The van der Waals surface area contributed by atoms with Gasteiger partial charge in [0.05, 0.1) is 12.8 Å². The molecule has 5 nitrogen and oxygen atoms in total. The molecule has 28 heavy (non-hydrogen) atoms. The zero-order valence-electron chi connectivity index (χ0n) is 15.9. The first-order valence-electron chi connectivity index (χ1n) is 9.49. The topological polar surface area (TPSA) is 54.5 Å². The fourth-order valence-corrected chi connectivity index (χ4v) is 4.22. The molecule has 1 saturated heterocycles. The van der Waals surface area contributed by atoms with Gasteiger partial charge in [-0.25, -0.2) is 4.98 Å². The molecule has 2 heterocycles. The van der Waals surface area contributed by atoms with Crippen molar-refractivity contribution in [2.45, 2.75) is 19.3 Å². The number of nitrogens with one attached hydrogen (secondary N) is 1. The minimum absolute atomic E-state index is 0.146. The lowest BCUT2D eigenvalue weighted by Crippen LogP contribution is -2.29. The second-order valence-corrected chi connectivity index (χ2v) is 7.66. The SMILES string of the molecule is COc1ccc(C(=O)Nc2cccc(-c3csc(N4CCCCC4)n3)c2)cc1. The van der Waals surface area contributed by atoms with Gasteiger partial charge in [0.2, 0.25) is 0 Å². The molecule has 4 rings (SSSR count). The molecule has 3 aromatic rings. The van der Waals surface area contributed by atoms with Gasteiger partial charge >= 0.3 is 0 Å². The summed E-state index contributed by atoms with van der Waals surface area (Å²) in [7, 11) is 1.61. The lowest BCUT2D eigenvalue weighted by Gasteiger charge is -2.25. The maximum atomic E-state index is 12.5. The van der Waals surface area contributed by atoms with Crippen molar-refractivity contribution in [3.63, 3.8) is 0 Å². The van der Waals surface area contributed by atoms with Gasteiger partial charge in [-0.3, -0.25) is 4.79 Å². The van der Waals surface area contributed by atoms with E-state index in [0.29, 0.717) is 5.56 Å². The maximum absolute atomic E-state index is 12.5. The molecule has 0 bridgehead atoms.